The van der Waals surface area contributed by atoms with Crippen molar-refractivity contribution in [3.63, 3.8) is 0 Å². The molecule has 0 bridgehead atoms. The second kappa shape index (κ2) is 10.9. The number of nitrogens with one attached hydrogen (secondary N) is 2. The topological polar surface area (TPSA) is 140 Å². The van der Waals surface area contributed by atoms with Gasteiger partial charge in [0.1, 0.15) is 11.3 Å². The first kappa shape index (κ1) is 24.2. The van der Waals surface area contributed by atoms with Gasteiger partial charge >= 0.3 is 5.97 Å². The molecule has 0 saturated carbocycles. The number of para-hydroxylation sites is 1. The van der Waals surface area contributed by atoms with Crippen LogP contribution in [0.3, 0.4) is 0 Å². The largest absolute Gasteiger partial charge is 0.496 e. The van der Waals surface area contributed by atoms with E-state index in [0.717, 1.165) is 0 Å². The molecule has 0 spiro atoms. The van der Waals surface area contributed by atoms with Gasteiger partial charge in [-0.1, -0.05) is 18.2 Å². The summed E-state index contributed by atoms with van der Waals surface area (Å²) in [4.78, 5) is 36.4. The Bertz CT molecular complexity index is 1130. The van der Waals surface area contributed by atoms with Crippen LogP contribution in [-0.2, 0) is 24.3 Å². The van der Waals surface area contributed by atoms with Crippen molar-refractivity contribution in [3.8, 4) is 5.75 Å². The van der Waals surface area contributed by atoms with Crippen LogP contribution in [0.15, 0.2) is 53.4 Å². The molecule has 1 heterocycles. The summed E-state index contributed by atoms with van der Waals surface area (Å²) >= 11 is 0. The van der Waals surface area contributed by atoms with Crippen molar-refractivity contribution in [1.82, 2.24) is 15.2 Å². The van der Waals surface area contributed by atoms with E-state index in [1.807, 2.05) is 0 Å². The van der Waals surface area contributed by atoms with Crippen LogP contribution in [0.2, 0.25) is 0 Å². The zero-order valence-corrected chi connectivity index (χ0v) is 18.6. The summed E-state index contributed by atoms with van der Waals surface area (Å²) in [5.74, 6) is -2.00. The third-order valence-electron chi connectivity index (χ3n) is 4.68. The Hall–Kier alpha value is -3.48. The van der Waals surface area contributed by atoms with E-state index in [1.165, 1.54) is 41.7 Å². The fourth-order valence-electron chi connectivity index (χ4n) is 2.99. The molecular formula is C21H23N3O8S. The number of hydrazine groups is 1. The Morgan fingerprint density at radius 2 is 1.76 bits per heavy atom. The number of morpholine rings is 1. The Morgan fingerprint density at radius 1 is 1.03 bits per heavy atom. The second-order valence-electron chi connectivity index (χ2n) is 6.82. The molecule has 0 atom stereocenters. The molecule has 2 amide bonds. The molecule has 176 valence electrons. The van der Waals surface area contributed by atoms with Crippen LogP contribution in [-0.4, -0.2) is 70.5 Å². The van der Waals surface area contributed by atoms with Gasteiger partial charge in [-0.3, -0.25) is 20.4 Å². The molecule has 12 heteroatoms. The lowest BCUT2D eigenvalue weighted by molar-refractivity contribution is -0.125. The average Bonchev–Trinajstić information content (AvgIpc) is 2.86. The van der Waals surface area contributed by atoms with E-state index in [0.29, 0.717) is 19.0 Å². The second-order valence-corrected chi connectivity index (χ2v) is 8.76. The number of methoxy groups -OCH3 is 1. The number of carbonyl (C=O) groups excluding carboxylic acids is 3. The summed E-state index contributed by atoms with van der Waals surface area (Å²) in [6.45, 7) is 0.396. The van der Waals surface area contributed by atoms with Crippen molar-refractivity contribution in [1.29, 1.82) is 0 Å². The maximum Gasteiger partial charge on any atom is 0.342 e. The molecule has 0 radical (unpaired) electrons. The normalized spacial score (nSPS) is 14.2. The van der Waals surface area contributed by atoms with E-state index in [2.05, 4.69) is 10.9 Å². The Kier molecular flexibility index (Phi) is 7.98. The van der Waals surface area contributed by atoms with Gasteiger partial charge in [0, 0.05) is 18.7 Å². The third kappa shape index (κ3) is 6.06. The first-order chi connectivity index (χ1) is 15.8. The molecule has 0 unspecified atom stereocenters. The van der Waals surface area contributed by atoms with Crippen molar-refractivity contribution >= 4 is 27.8 Å². The van der Waals surface area contributed by atoms with Crippen LogP contribution in [0.4, 0.5) is 0 Å². The van der Waals surface area contributed by atoms with Gasteiger partial charge in [0.15, 0.2) is 6.61 Å². The lowest BCUT2D eigenvalue weighted by atomic mass is 10.2. The Balaban J connectivity index is 1.54. The number of benzene rings is 2. The van der Waals surface area contributed by atoms with Crippen molar-refractivity contribution in [3.05, 3.63) is 59.7 Å². The molecule has 2 aromatic carbocycles. The minimum atomic E-state index is -3.78. The number of hydrogen-bond donors (Lipinski definition) is 2. The molecule has 0 aromatic heterocycles. The van der Waals surface area contributed by atoms with E-state index in [-0.39, 0.29) is 29.1 Å². The number of sulfonamides is 1. The highest BCUT2D eigenvalue weighted by molar-refractivity contribution is 7.89. The minimum absolute atomic E-state index is 0.0238. The molecule has 33 heavy (non-hydrogen) atoms. The third-order valence-corrected chi connectivity index (χ3v) is 6.58. The average molecular weight is 477 g/mol. The molecular weight excluding hydrogens is 454 g/mol. The monoisotopic (exact) mass is 477 g/mol. The van der Waals surface area contributed by atoms with Gasteiger partial charge < -0.3 is 14.2 Å². The van der Waals surface area contributed by atoms with Crippen molar-refractivity contribution < 1.29 is 37.0 Å². The van der Waals surface area contributed by atoms with Gasteiger partial charge in [0.2, 0.25) is 10.0 Å². The predicted molar refractivity (Wildman–Crippen MR) is 115 cm³/mol. The lowest BCUT2D eigenvalue weighted by Crippen LogP contribution is -2.43. The van der Waals surface area contributed by atoms with Crippen molar-refractivity contribution in [2.75, 3.05) is 40.0 Å². The molecule has 3 rings (SSSR count). The minimum Gasteiger partial charge on any atom is -0.496 e. The molecule has 2 N–H and O–H groups in total. The number of carbonyl (C=O) groups is 3. The number of ether oxygens (including phenoxy) is 3. The van der Waals surface area contributed by atoms with Crippen LogP contribution >= 0.6 is 0 Å². The van der Waals surface area contributed by atoms with Gasteiger partial charge in [-0.25, -0.2) is 13.2 Å². The molecule has 1 fully saturated rings. The summed E-state index contributed by atoms with van der Waals surface area (Å²) in [7, 11) is -2.38. The van der Waals surface area contributed by atoms with Gasteiger partial charge in [0.25, 0.3) is 11.8 Å². The summed E-state index contributed by atoms with van der Waals surface area (Å²) in [6, 6.07) is 11.8. The number of esters is 1. The van der Waals surface area contributed by atoms with Crippen LogP contribution < -0.4 is 15.6 Å². The van der Waals surface area contributed by atoms with Crippen molar-refractivity contribution in [2.24, 2.45) is 0 Å². The maximum absolute atomic E-state index is 12.8. The zero-order valence-electron chi connectivity index (χ0n) is 17.8. The van der Waals surface area contributed by atoms with E-state index < -0.39 is 34.4 Å². The standard InChI is InChI=1S/C21H23N3O8S/c1-30-18-8-3-2-7-17(18)21(27)32-14-19(25)22-23-20(26)15-5-4-6-16(13-15)33(28,29)24-9-11-31-12-10-24/h2-8,13H,9-12,14H2,1H3,(H,22,25)(H,23,26). The van der Waals surface area contributed by atoms with Crippen LogP contribution in [0.5, 0.6) is 5.75 Å². The van der Waals surface area contributed by atoms with E-state index >= 15 is 0 Å². The van der Waals surface area contributed by atoms with Crippen LogP contribution in [0, 0.1) is 0 Å². The first-order valence-corrected chi connectivity index (χ1v) is 11.3. The van der Waals surface area contributed by atoms with E-state index in [4.69, 9.17) is 14.2 Å². The highest BCUT2D eigenvalue weighted by Crippen LogP contribution is 2.19. The summed E-state index contributed by atoms with van der Waals surface area (Å²) in [6.07, 6.45) is 0. The van der Waals surface area contributed by atoms with Gasteiger partial charge in [-0.2, -0.15) is 4.31 Å². The van der Waals surface area contributed by atoms with E-state index in [1.54, 1.807) is 18.2 Å². The number of hydrogen-bond acceptors (Lipinski definition) is 8. The quantitative estimate of drug-likeness (QED) is 0.430. The highest BCUT2D eigenvalue weighted by Gasteiger charge is 2.27. The predicted octanol–water partition coefficient (Wildman–Crippen LogP) is 0.334. The number of amides is 2. The smallest absolute Gasteiger partial charge is 0.342 e. The molecule has 1 saturated heterocycles. The Labute approximate surface area is 190 Å². The van der Waals surface area contributed by atoms with Gasteiger partial charge in [0.05, 0.1) is 25.2 Å². The molecule has 11 nitrogen and oxygen atoms in total. The molecule has 1 aliphatic rings. The molecule has 1 aliphatic heterocycles. The molecule has 0 aliphatic carbocycles. The first-order valence-electron chi connectivity index (χ1n) is 9.90. The van der Waals surface area contributed by atoms with Gasteiger partial charge in [-0.05, 0) is 30.3 Å². The SMILES string of the molecule is COc1ccccc1C(=O)OCC(=O)NNC(=O)c1cccc(S(=O)(=O)N2CCOCC2)c1. The van der Waals surface area contributed by atoms with Crippen LogP contribution in [0.25, 0.3) is 0 Å². The summed E-state index contributed by atoms with van der Waals surface area (Å²) in [5, 5.41) is 0. The molecule has 2 aromatic rings. The van der Waals surface area contributed by atoms with Crippen LogP contribution in [0.1, 0.15) is 20.7 Å². The highest BCUT2D eigenvalue weighted by atomic mass is 32.2. The van der Waals surface area contributed by atoms with Crippen molar-refractivity contribution in [2.45, 2.75) is 4.90 Å². The zero-order chi connectivity index (χ0) is 23.8. The number of rotatable bonds is 7. The van der Waals surface area contributed by atoms with Gasteiger partial charge in [-0.15, -0.1) is 0 Å². The maximum atomic E-state index is 12.8. The lowest BCUT2D eigenvalue weighted by Gasteiger charge is -2.26. The summed E-state index contributed by atoms with van der Waals surface area (Å²) in [5.41, 5.74) is 4.45. The summed E-state index contributed by atoms with van der Waals surface area (Å²) < 4.78 is 41.9. The number of nitrogens with zero attached hydrogens (tertiary/aromatic N) is 1. The Morgan fingerprint density at radius 3 is 2.48 bits per heavy atom. The fourth-order valence-corrected chi connectivity index (χ4v) is 4.45. The fraction of sp³-hybridized carbons (Fsp3) is 0.286. The van der Waals surface area contributed by atoms with E-state index in [9.17, 15) is 22.8 Å².